The van der Waals surface area contributed by atoms with Gasteiger partial charge in [-0.05, 0) is 78.8 Å². The smallest absolute Gasteiger partial charge is 0.319 e. The lowest BCUT2D eigenvalue weighted by molar-refractivity contribution is -0.00778. The van der Waals surface area contributed by atoms with E-state index in [1.165, 1.54) is 6.20 Å². The van der Waals surface area contributed by atoms with Gasteiger partial charge in [0.05, 0.1) is 6.20 Å². The van der Waals surface area contributed by atoms with Crippen LogP contribution in [0.15, 0.2) is 30.5 Å². The molecule has 2 aromatic rings. The fourth-order valence-electron chi connectivity index (χ4n) is 4.30. The van der Waals surface area contributed by atoms with Crippen LogP contribution in [0.5, 0.6) is 0 Å². The maximum atomic E-state index is 14.5. The van der Waals surface area contributed by atoms with E-state index in [2.05, 4.69) is 70.9 Å². The van der Waals surface area contributed by atoms with Gasteiger partial charge in [0.2, 0.25) is 5.95 Å². The first-order valence-corrected chi connectivity index (χ1v) is 10.9. The Bertz CT molecular complexity index is 928. The number of urea groups is 1. The molecule has 0 unspecified atom stereocenters. The topological polar surface area (TPSA) is 94.2 Å². The number of hydrogen-bond acceptors (Lipinski definition) is 6. The predicted molar refractivity (Wildman–Crippen MR) is 127 cm³/mol. The largest absolute Gasteiger partial charge is 0.365 e. The molecule has 1 aromatic heterocycles. The molecule has 1 aliphatic rings. The van der Waals surface area contributed by atoms with Crippen molar-refractivity contribution in [1.82, 2.24) is 20.2 Å². The van der Waals surface area contributed by atoms with Crippen LogP contribution in [0.4, 0.5) is 32.3 Å². The third kappa shape index (κ3) is 5.64. The highest BCUT2D eigenvalue weighted by atomic mass is 19.1. The molecule has 2 amide bonds. The van der Waals surface area contributed by atoms with Gasteiger partial charge >= 0.3 is 6.03 Å². The molecule has 1 aliphatic heterocycles. The van der Waals surface area contributed by atoms with Crippen LogP contribution in [-0.2, 0) is 0 Å². The van der Waals surface area contributed by atoms with Gasteiger partial charge in [0.1, 0.15) is 0 Å². The summed E-state index contributed by atoms with van der Waals surface area (Å²) in [5.41, 5.74) is 1.35. The van der Waals surface area contributed by atoms with E-state index in [0.29, 0.717) is 18.2 Å². The SMILES string of the molecule is CCNC(=O)Nc1ccc(Nc2ncc(F)c(NC3CC(C)(C)N(C)C(C)(C)C3)n2)cc1. The first-order valence-electron chi connectivity index (χ1n) is 10.9. The van der Waals surface area contributed by atoms with Crippen molar-refractivity contribution >= 4 is 29.2 Å². The van der Waals surface area contributed by atoms with Gasteiger partial charge < -0.3 is 21.3 Å². The molecule has 32 heavy (non-hydrogen) atoms. The van der Waals surface area contributed by atoms with Crippen molar-refractivity contribution in [1.29, 1.82) is 0 Å². The zero-order valence-electron chi connectivity index (χ0n) is 19.7. The summed E-state index contributed by atoms with van der Waals surface area (Å²) in [6.45, 7) is 11.2. The second kappa shape index (κ2) is 9.28. The molecule has 1 aromatic carbocycles. The number of nitrogens with one attached hydrogen (secondary N) is 4. The van der Waals surface area contributed by atoms with E-state index < -0.39 is 5.82 Å². The van der Waals surface area contributed by atoms with E-state index in [9.17, 15) is 9.18 Å². The predicted octanol–water partition coefficient (Wildman–Crippen LogP) is 4.56. The zero-order valence-corrected chi connectivity index (χ0v) is 19.7. The average Bonchev–Trinajstić information content (AvgIpc) is 2.70. The third-order valence-corrected chi connectivity index (χ3v) is 6.13. The Balaban J connectivity index is 1.69. The molecule has 0 spiro atoms. The Hall–Kier alpha value is -2.94. The van der Waals surface area contributed by atoms with E-state index >= 15 is 0 Å². The molecule has 4 N–H and O–H groups in total. The summed E-state index contributed by atoms with van der Waals surface area (Å²) < 4.78 is 14.5. The number of carbonyl (C=O) groups is 1. The van der Waals surface area contributed by atoms with E-state index in [4.69, 9.17) is 0 Å². The van der Waals surface area contributed by atoms with Crippen LogP contribution in [0, 0.1) is 5.82 Å². The number of likely N-dealkylation sites (tertiary alicyclic amines) is 1. The summed E-state index contributed by atoms with van der Waals surface area (Å²) in [6.07, 6.45) is 2.92. The van der Waals surface area contributed by atoms with Crippen molar-refractivity contribution in [3.63, 3.8) is 0 Å². The fourth-order valence-corrected chi connectivity index (χ4v) is 4.30. The van der Waals surface area contributed by atoms with Crippen molar-refractivity contribution in [2.24, 2.45) is 0 Å². The number of piperidine rings is 1. The zero-order chi connectivity index (χ0) is 23.5. The van der Waals surface area contributed by atoms with Crippen LogP contribution in [0.25, 0.3) is 0 Å². The molecule has 3 rings (SSSR count). The molecular weight excluding hydrogens is 409 g/mol. The lowest BCUT2D eigenvalue weighted by Gasteiger charge is -2.53. The second-order valence-corrected chi connectivity index (χ2v) is 9.51. The minimum absolute atomic E-state index is 0.0200. The van der Waals surface area contributed by atoms with Crippen LogP contribution in [0.2, 0.25) is 0 Å². The molecular formula is C23H34FN7O. The Kier molecular flexibility index (Phi) is 6.88. The molecule has 174 valence electrons. The lowest BCUT2D eigenvalue weighted by atomic mass is 9.77. The highest BCUT2D eigenvalue weighted by Crippen LogP contribution is 2.38. The van der Waals surface area contributed by atoms with Crippen LogP contribution in [0.3, 0.4) is 0 Å². The van der Waals surface area contributed by atoms with Crippen LogP contribution < -0.4 is 21.3 Å². The number of nitrogens with zero attached hydrogens (tertiary/aromatic N) is 3. The highest BCUT2D eigenvalue weighted by molar-refractivity contribution is 5.89. The van der Waals surface area contributed by atoms with Gasteiger partial charge in [-0.25, -0.2) is 14.2 Å². The second-order valence-electron chi connectivity index (χ2n) is 9.51. The normalized spacial score (nSPS) is 18.1. The van der Waals surface area contributed by atoms with Crippen molar-refractivity contribution in [3.05, 3.63) is 36.3 Å². The number of amides is 2. The fraction of sp³-hybridized carbons (Fsp3) is 0.522. The Labute approximate surface area is 189 Å². The van der Waals surface area contributed by atoms with Crippen molar-refractivity contribution < 1.29 is 9.18 Å². The van der Waals surface area contributed by atoms with Gasteiger partial charge in [-0.3, -0.25) is 4.90 Å². The molecule has 0 aliphatic carbocycles. The summed E-state index contributed by atoms with van der Waals surface area (Å²) in [6, 6.07) is 6.96. The number of halogens is 1. The third-order valence-electron chi connectivity index (χ3n) is 6.13. The summed E-state index contributed by atoms with van der Waals surface area (Å²) in [5, 5.41) is 11.8. The first kappa shape index (κ1) is 23.7. The van der Waals surface area contributed by atoms with E-state index in [1.54, 1.807) is 24.3 Å². The number of anilines is 4. The van der Waals surface area contributed by atoms with E-state index in [-0.39, 0.29) is 29.0 Å². The molecule has 9 heteroatoms. The Morgan fingerprint density at radius 2 is 1.72 bits per heavy atom. The van der Waals surface area contributed by atoms with Gasteiger partial charge in [0.25, 0.3) is 0 Å². The first-order chi connectivity index (χ1) is 15.0. The summed E-state index contributed by atoms with van der Waals surface area (Å²) in [5.74, 6) is 0.00883. The minimum Gasteiger partial charge on any atom is -0.365 e. The van der Waals surface area contributed by atoms with Crippen LogP contribution in [-0.4, -0.2) is 51.6 Å². The summed E-state index contributed by atoms with van der Waals surface area (Å²) in [4.78, 5) is 22.4. The number of carbonyl (C=O) groups excluding carboxylic acids is 1. The lowest BCUT2D eigenvalue weighted by Crippen LogP contribution is -2.61. The molecule has 1 fully saturated rings. The van der Waals surface area contributed by atoms with Gasteiger partial charge in [-0.15, -0.1) is 0 Å². The number of aromatic nitrogens is 2. The molecule has 8 nitrogen and oxygen atoms in total. The van der Waals surface area contributed by atoms with Crippen LogP contribution in [0.1, 0.15) is 47.5 Å². The monoisotopic (exact) mass is 443 g/mol. The molecule has 2 heterocycles. The number of rotatable bonds is 6. The average molecular weight is 444 g/mol. The van der Waals surface area contributed by atoms with Crippen molar-refractivity contribution in [2.45, 2.75) is 64.6 Å². The molecule has 0 atom stereocenters. The molecule has 0 radical (unpaired) electrons. The maximum Gasteiger partial charge on any atom is 0.319 e. The van der Waals surface area contributed by atoms with Crippen LogP contribution >= 0.6 is 0 Å². The summed E-state index contributed by atoms with van der Waals surface area (Å²) in [7, 11) is 2.14. The van der Waals surface area contributed by atoms with Crippen molar-refractivity contribution in [2.75, 3.05) is 29.5 Å². The highest BCUT2D eigenvalue weighted by Gasteiger charge is 2.43. The number of hydrogen-bond donors (Lipinski definition) is 4. The standard InChI is InChI=1S/C23H34FN7O/c1-7-25-21(32)29-16-10-8-15(9-11-16)28-20-26-14-18(24)19(30-20)27-17-12-22(2,3)31(6)23(4,5)13-17/h8-11,14,17H,7,12-13H2,1-6H3,(H2,25,29,32)(H2,26,27,28,30). The summed E-state index contributed by atoms with van der Waals surface area (Å²) >= 11 is 0. The van der Waals surface area contributed by atoms with E-state index in [1.807, 2.05) is 6.92 Å². The Morgan fingerprint density at radius 1 is 1.12 bits per heavy atom. The van der Waals surface area contributed by atoms with Crippen molar-refractivity contribution in [3.8, 4) is 0 Å². The van der Waals surface area contributed by atoms with E-state index in [0.717, 1.165) is 18.5 Å². The number of benzene rings is 1. The van der Waals surface area contributed by atoms with Gasteiger partial charge in [0, 0.05) is 35.0 Å². The van der Waals surface area contributed by atoms with Gasteiger partial charge in [-0.2, -0.15) is 4.98 Å². The minimum atomic E-state index is -0.480. The Morgan fingerprint density at radius 3 is 2.31 bits per heavy atom. The van der Waals surface area contributed by atoms with Gasteiger partial charge in [-0.1, -0.05) is 0 Å². The maximum absolute atomic E-state index is 14.5. The molecule has 0 bridgehead atoms. The quantitative estimate of drug-likeness (QED) is 0.523. The molecule has 1 saturated heterocycles. The molecule has 0 saturated carbocycles. The van der Waals surface area contributed by atoms with Gasteiger partial charge in [0.15, 0.2) is 11.6 Å².